The van der Waals surface area contributed by atoms with E-state index in [-0.39, 0.29) is 16.2 Å². The van der Waals surface area contributed by atoms with Crippen molar-refractivity contribution in [2.45, 2.75) is 62.3 Å². The van der Waals surface area contributed by atoms with Crippen molar-refractivity contribution in [2.24, 2.45) is 16.2 Å². The first-order chi connectivity index (χ1) is 8.62. The Balaban J connectivity index is 4.71. The summed E-state index contributed by atoms with van der Waals surface area (Å²) in [6, 6.07) is 0. The lowest BCUT2D eigenvalue weighted by molar-refractivity contribution is 0.133. The van der Waals surface area contributed by atoms with Gasteiger partial charge in [0.2, 0.25) is 0 Å². The van der Waals surface area contributed by atoms with Gasteiger partial charge in [-0.15, -0.1) is 0 Å². The van der Waals surface area contributed by atoms with E-state index in [1.165, 1.54) is 11.4 Å². The second kappa shape index (κ2) is 7.17. The third kappa shape index (κ3) is 12.3. The van der Waals surface area contributed by atoms with Gasteiger partial charge in [0.1, 0.15) is 0 Å². The summed E-state index contributed by atoms with van der Waals surface area (Å²) in [4.78, 5) is 0. The molecule has 0 aromatic carbocycles. The highest BCUT2D eigenvalue weighted by Gasteiger charge is 2.31. The van der Waals surface area contributed by atoms with E-state index < -0.39 is 6.80 Å². The van der Waals surface area contributed by atoms with Gasteiger partial charge in [0.25, 0.3) is 0 Å². The average molecular weight is 324 g/mol. The van der Waals surface area contributed by atoms with Crippen LogP contribution in [-0.4, -0.2) is 19.0 Å². The lowest BCUT2D eigenvalue weighted by Gasteiger charge is -2.28. The molecule has 0 unspecified atom stereocenters. The van der Waals surface area contributed by atoms with Crippen LogP contribution in [0.15, 0.2) is 0 Å². The molecule has 0 bridgehead atoms. The Kier molecular flexibility index (Phi) is 7.35. The molecule has 0 amide bonds. The monoisotopic (exact) mass is 324 g/mol. The molecule has 0 rings (SSSR count). The first kappa shape index (κ1) is 20.5. The fourth-order valence-electron chi connectivity index (χ4n) is 0.930. The molecule has 0 aromatic rings. The standard InChI is InChI=1S/C15H33O3PS/c1-13(2,3)10-17-19(16,18-11-14(4,5)6)20-12-15(7,8)9/h10-12H2,1-9H3. The van der Waals surface area contributed by atoms with Crippen molar-refractivity contribution in [3.63, 3.8) is 0 Å². The highest BCUT2D eigenvalue weighted by Crippen LogP contribution is 2.62. The third-order valence-electron chi connectivity index (χ3n) is 1.97. The van der Waals surface area contributed by atoms with E-state index in [1.807, 2.05) is 0 Å². The molecule has 5 heteroatoms. The van der Waals surface area contributed by atoms with Gasteiger partial charge in [-0.2, -0.15) is 0 Å². The molecule has 0 aliphatic carbocycles. The molecule has 0 spiro atoms. The molecular weight excluding hydrogens is 291 g/mol. The van der Waals surface area contributed by atoms with Crippen LogP contribution >= 0.6 is 18.2 Å². The maximum Gasteiger partial charge on any atom is 0.389 e. The van der Waals surface area contributed by atoms with Crippen LogP contribution < -0.4 is 0 Å². The van der Waals surface area contributed by atoms with Crippen LogP contribution in [0.4, 0.5) is 0 Å². The molecule has 0 aliphatic heterocycles. The zero-order valence-electron chi connectivity index (χ0n) is 14.7. The van der Waals surface area contributed by atoms with Crippen molar-refractivity contribution in [1.29, 1.82) is 0 Å². The maximum absolute atomic E-state index is 12.9. The molecule has 0 atom stereocenters. The quantitative estimate of drug-likeness (QED) is 0.561. The topological polar surface area (TPSA) is 35.5 Å². The zero-order valence-corrected chi connectivity index (χ0v) is 16.4. The second-order valence-electron chi connectivity index (χ2n) is 8.95. The molecule has 122 valence electrons. The summed E-state index contributed by atoms with van der Waals surface area (Å²) >= 11 is 1.32. The summed E-state index contributed by atoms with van der Waals surface area (Å²) in [5.74, 6) is 0.749. The van der Waals surface area contributed by atoms with Crippen LogP contribution in [0.25, 0.3) is 0 Å². The summed E-state index contributed by atoms with van der Waals surface area (Å²) in [6.45, 7) is 16.5. The summed E-state index contributed by atoms with van der Waals surface area (Å²) < 4.78 is 24.2. The van der Waals surface area contributed by atoms with Gasteiger partial charge in [-0.25, -0.2) is 4.57 Å². The molecule has 0 heterocycles. The molecule has 3 nitrogen and oxygen atoms in total. The molecule has 0 saturated carbocycles. The number of hydrogen-bond acceptors (Lipinski definition) is 4. The predicted molar refractivity (Wildman–Crippen MR) is 90.3 cm³/mol. The van der Waals surface area contributed by atoms with Gasteiger partial charge in [-0.1, -0.05) is 62.3 Å². The zero-order chi connectivity index (χ0) is 16.2. The summed E-state index contributed by atoms with van der Waals surface area (Å²) in [7, 11) is 0. The Labute approximate surface area is 129 Å². The van der Waals surface area contributed by atoms with Crippen molar-refractivity contribution in [3.8, 4) is 0 Å². The Morgan fingerprint density at radius 3 is 1.35 bits per heavy atom. The summed E-state index contributed by atoms with van der Waals surface area (Å²) in [5.41, 5.74) is 0.0442. The van der Waals surface area contributed by atoms with Gasteiger partial charge in [0, 0.05) is 5.75 Å². The predicted octanol–water partition coefficient (Wildman–Crippen LogP) is 6.00. The summed E-state index contributed by atoms with van der Waals surface area (Å²) in [5, 5.41) is 0. The molecule has 0 aromatic heterocycles. The van der Waals surface area contributed by atoms with Crippen LogP contribution in [0.1, 0.15) is 62.3 Å². The highest BCUT2D eigenvalue weighted by molar-refractivity contribution is 8.55. The Morgan fingerprint density at radius 2 is 1.10 bits per heavy atom. The van der Waals surface area contributed by atoms with E-state index in [0.717, 1.165) is 5.75 Å². The number of hydrogen-bond donors (Lipinski definition) is 0. The number of rotatable bonds is 6. The van der Waals surface area contributed by atoms with Crippen LogP contribution in [0.5, 0.6) is 0 Å². The Hall–Kier alpha value is 0.500. The van der Waals surface area contributed by atoms with E-state index in [2.05, 4.69) is 62.3 Å². The minimum Gasteiger partial charge on any atom is -0.300 e. The van der Waals surface area contributed by atoms with Crippen LogP contribution in [-0.2, 0) is 13.6 Å². The normalized spacial score (nSPS) is 14.7. The lowest BCUT2D eigenvalue weighted by Crippen LogP contribution is -2.17. The molecule has 0 saturated heterocycles. The lowest BCUT2D eigenvalue weighted by atomic mass is 9.99. The van der Waals surface area contributed by atoms with Crippen molar-refractivity contribution in [3.05, 3.63) is 0 Å². The van der Waals surface area contributed by atoms with Gasteiger partial charge in [0.05, 0.1) is 13.2 Å². The van der Waals surface area contributed by atoms with Crippen LogP contribution in [0.3, 0.4) is 0 Å². The fourth-order valence-corrected chi connectivity index (χ4v) is 5.19. The van der Waals surface area contributed by atoms with Crippen molar-refractivity contribution in [2.75, 3.05) is 19.0 Å². The SMILES string of the molecule is CC(C)(C)COP(=O)(OCC(C)(C)C)SCC(C)(C)C. The third-order valence-corrected chi connectivity index (χ3v) is 6.14. The first-order valence-electron chi connectivity index (χ1n) is 7.16. The van der Waals surface area contributed by atoms with Crippen LogP contribution in [0, 0.1) is 16.2 Å². The van der Waals surface area contributed by atoms with E-state index in [1.54, 1.807) is 0 Å². The van der Waals surface area contributed by atoms with Crippen molar-refractivity contribution < 1.29 is 13.6 Å². The molecule has 0 aliphatic rings. The molecule has 0 radical (unpaired) electrons. The highest BCUT2D eigenvalue weighted by atomic mass is 32.7. The summed E-state index contributed by atoms with van der Waals surface area (Å²) in [6.07, 6.45) is 0. The molecule has 0 N–H and O–H groups in total. The van der Waals surface area contributed by atoms with Crippen molar-refractivity contribution in [1.82, 2.24) is 0 Å². The molecular formula is C15H33O3PS. The van der Waals surface area contributed by atoms with E-state index >= 15 is 0 Å². The van der Waals surface area contributed by atoms with Gasteiger partial charge >= 0.3 is 6.80 Å². The van der Waals surface area contributed by atoms with E-state index in [4.69, 9.17) is 9.05 Å². The van der Waals surface area contributed by atoms with Crippen molar-refractivity contribution >= 4 is 18.2 Å². The van der Waals surface area contributed by atoms with Gasteiger partial charge in [-0.3, -0.25) is 0 Å². The van der Waals surface area contributed by atoms with Gasteiger partial charge in [0.15, 0.2) is 0 Å². The smallest absolute Gasteiger partial charge is 0.300 e. The van der Waals surface area contributed by atoms with E-state index in [0.29, 0.717) is 13.2 Å². The van der Waals surface area contributed by atoms with Crippen LogP contribution in [0.2, 0.25) is 0 Å². The minimum atomic E-state index is -3.09. The minimum absolute atomic E-state index is 0.0248. The average Bonchev–Trinajstić information content (AvgIpc) is 2.18. The molecule has 20 heavy (non-hydrogen) atoms. The van der Waals surface area contributed by atoms with E-state index in [9.17, 15) is 4.57 Å². The van der Waals surface area contributed by atoms with Gasteiger partial charge < -0.3 is 9.05 Å². The molecule has 0 fully saturated rings. The Bertz CT molecular complexity index is 282. The first-order valence-corrected chi connectivity index (χ1v) is 10.3. The van der Waals surface area contributed by atoms with Gasteiger partial charge in [-0.05, 0) is 27.6 Å². The fraction of sp³-hybridized carbons (Fsp3) is 1.00. The Morgan fingerprint density at radius 1 is 0.750 bits per heavy atom. The second-order valence-corrected chi connectivity index (χ2v) is 13.0. The maximum atomic E-state index is 12.9. The largest absolute Gasteiger partial charge is 0.389 e.